The Morgan fingerprint density at radius 2 is 1.19 bits per heavy atom. The molecular weight excluding hydrogens is 524 g/mol. The van der Waals surface area contributed by atoms with Gasteiger partial charge in [-0.25, -0.2) is 4.98 Å². The summed E-state index contributed by atoms with van der Waals surface area (Å²) < 4.78 is 6.36. The van der Waals surface area contributed by atoms with Crippen LogP contribution in [0.5, 0.6) is 0 Å². The van der Waals surface area contributed by atoms with Crippen LogP contribution >= 0.6 is 0 Å². The van der Waals surface area contributed by atoms with Gasteiger partial charge in [0.05, 0.1) is 11.3 Å². The second-order valence-electron chi connectivity index (χ2n) is 13.2. The molecule has 6 aromatic rings. The molecule has 43 heavy (non-hydrogen) atoms. The molecule has 1 heterocycles. The summed E-state index contributed by atoms with van der Waals surface area (Å²) in [5.41, 5.74) is 11.6. The molecule has 0 unspecified atom stereocenters. The number of rotatable bonds is 5. The third-order valence-corrected chi connectivity index (χ3v) is 7.89. The van der Waals surface area contributed by atoms with E-state index in [1.165, 1.54) is 22.3 Å². The average molecular weight is 563 g/mol. The molecule has 0 atom stereocenters. The lowest BCUT2D eigenvalue weighted by Gasteiger charge is -2.20. The second kappa shape index (κ2) is 11.1. The van der Waals surface area contributed by atoms with E-state index in [0.717, 1.165) is 39.0 Å². The van der Waals surface area contributed by atoms with Gasteiger partial charge in [0, 0.05) is 11.8 Å². The fourth-order valence-electron chi connectivity index (χ4n) is 5.32. The predicted molar refractivity (Wildman–Crippen MR) is 181 cm³/mol. The van der Waals surface area contributed by atoms with Crippen molar-refractivity contribution >= 4 is 23.0 Å². The van der Waals surface area contributed by atoms with Gasteiger partial charge in [0.25, 0.3) is 0 Å². The zero-order valence-corrected chi connectivity index (χ0v) is 25.8. The van der Waals surface area contributed by atoms with Crippen LogP contribution in [0.1, 0.15) is 58.2 Å². The Labute approximate surface area is 255 Å². The number of hydrogen-bond donors (Lipinski definition) is 0. The van der Waals surface area contributed by atoms with Crippen LogP contribution in [0.15, 0.2) is 125 Å². The standard InChI is InChI=1S/C40H38N2O/c1-39(2,3)31-17-9-13-27(23-31)26-41-35-21-8-7-19-34(35)38-42-37-33(20-12-22-36(37)43-38)30-16-10-14-28(24-30)29-15-11-18-32(25-29)40(4,5)6/h7-26H,1-6H3. The van der Waals surface area contributed by atoms with Gasteiger partial charge in [0.1, 0.15) is 5.52 Å². The summed E-state index contributed by atoms with van der Waals surface area (Å²) in [6.07, 6.45) is 1.92. The SMILES string of the molecule is CC(C)(C)c1cccc(C=Nc2ccccc2-c2nc3c(-c4cccc(-c5cccc(C(C)(C)C)c5)c4)cccc3o2)c1. The summed E-state index contributed by atoms with van der Waals surface area (Å²) in [6.45, 7) is 13.4. The number of hydrogen-bond acceptors (Lipinski definition) is 3. The van der Waals surface area contributed by atoms with Crippen molar-refractivity contribution in [1.29, 1.82) is 0 Å². The van der Waals surface area contributed by atoms with Gasteiger partial charge >= 0.3 is 0 Å². The van der Waals surface area contributed by atoms with Gasteiger partial charge in [-0.15, -0.1) is 0 Å². The van der Waals surface area contributed by atoms with E-state index in [0.29, 0.717) is 5.89 Å². The Hall–Kier alpha value is -4.76. The minimum Gasteiger partial charge on any atom is -0.436 e. The molecule has 3 nitrogen and oxygen atoms in total. The van der Waals surface area contributed by atoms with Crippen molar-refractivity contribution in [3.63, 3.8) is 0 Å². The van der Waals surface area contributed by atoms with Crippen molar-refractivity contribution in [3.05, 3.63) is 132 Å². The largest absolute Gasteiger partial charge is 0.436 e. The maximum Gasteiger partial charge on any atom is 0.229 e. The highest BCUT2D eigenvalue weighted by Gasteiger charge is 2.17. The molecule has 0 saturated heterocycles. The van der Waals surface area contributed by atoms with E-state index in [2.05, 4.69) is 120 Å². The van der Waals surface area contributed by atoms with Gasteiger partial charge in [-0.2, -0.15) is 0 Å². The fraction of sp³-hybridized carbons (Fsp3) is 0.200. The van der Waals surface area contributed by atoms with Crippen LogP contribution in [0.4, 0.5) is 5.69 Å². The van der Waals surface area contributed by atoms with Crippen LogP contribution in [0, 0.1) is 0 Å². The van der Waals surface area contributed by atoms with Crippen LogP contribution in [0.2, 0.25) is 0 Å². The molecule has 0 aliphatic carbocycles. The minimum absolute atomic E-state index is 0.0770. The predicted octanol–water partition coefficient (Wildman–Crippen LogP) is 11.2. The lowest BCUT2D eigenvalue weighted by Crippen LogP contribution is -2.11. The molecule has 0 aliphatic rings. The molecule has 1 aromatic heterocycles. The van der Waals surface area contributed by atoms with Crippen molar-refractivity contribution in [2.75, 3.05) is 0 Å². The number of aliphatic imine (C=N–C) groups is 1. The molecule has 0 aliphatic heterocycles. The third kappa shape index (κ3) is 6.08. The van der Waals surface area contributed by atoms with Gasteiger partial charge in [0.2, 0.25) is 5.89 Å². The van der Waals surface area contributed by atoms with Crippen molar-refractivity contribution in [2.24, 2.45) is 4.99 Å². The van der Waals surface area contributed by atoms with Crippen LogP contribution in [0.25, 0.3) is 44.8 Å². The lowest BCUT2D eigenvalue weighted by molar-refractivity contribution is 0.590. The number of para-hydroxylation sites is 2. The van der Waals surface area contributed by atoms with E-state index in [1.807, 2.05) is 42.6 Å². The van der Waals surface area contributed by atoms with Gasteiger partial charge in [0.15, 0.2) is 5.58 Å². The number of benzene rings is 5. The van der Waals surface area contributed by atoms with Crippen LogP contribution in [0.3, 0.4) is 0 Å². The topological polar surface area (TPSA) is 38.4 Å². The molecule has 0 amide bonds. The Morgan fingerprint density at radius 1 is 0.581 bits per heavy atom. The van der Waals surface area contributed by atoms with Crippen LogP contribution in [-0.4, -0.2) is 11.2 Å². The zero-order valence-electron chi connectivity index (χ0n) is 25.8. The minimum atomic E-state index is 0.0770. The van der Waals surface area contributed by atoms with Crippen LogP contribution in [-0.2, 0) is 10.8 Å². The number of aromatic nitrogens is 1. The summed E-state index contributed by atoms with van der Waals surface area (Å²) in [6, 6.07) is 40.2. The first-order valence-corrected chi connectivity index (χ1v) is 14.9. The van der Waals surface area contributed by atoms with Crippen LogP contribution < -0.4 is 0 Å². The van der Waals surface area contributed by atoms with Gasteiger partial charge < -0.3 is 4.42 Å². The van der Waals surface area contributed by atoms with E-state index >= 15 is 0 Å². The smallest absolute Gasteiger partial charge is 0.229 e. The first kappa shape index (κ1) is 28.4. The molecule has 214 valence electrons. The Kier molecular flexibility index (Phi) is 7.35. The van der Waals surface area contributed by atoms with Crippen molar-refractivity contribution in [1.82, 2.24) is 4.98 Å². The van der Waals surface area contributed by atoms with Gasteiger partial charge in [-0.1, -0.05) is 126 Å². The van der Waals surface area contributed by atoms with E-state index in [9.17, 15) is 0 Å². The lowest BCUT2D eigenvalue weighted by atomic mass is 9.85. The summed E-state index contributed by atoms with van der Waals surface area (Å²) in [5.74, 6) is 0.563. The third-order valence-electron chi connectivity index (χ3n) is 7.89. The fourth-order valence-corrected chi connectivity index (χ4v) is 5.32. The highest BCUT2D eigenvalue weighted by atomic mass is 16.3. The second-order valence-corrected chi connectivity index (χ2v) is 13.2. The maximum atomic E-state index is 6.36. The zero-order chi connectivity index (χ0) is 30.2. The average Bonchev–Trinajstić information content (AvgIpc) is 3.44. The van der Waals surface area contributed by atoms with Gasteiger partial charge in [-0.3, -0.25) is 4.99 Å². The molecule has 6 rings (SSSR count). The Bertz CT molecular complexity index is 1950. The van der Waals surface area contributed by atoms with E-state index in [1.54, 1.807) is 0 Å². The molecule has 0 saturated carbocycles. The normalized spacial score (nSPS) is 12.3. The maximum absolute atomic E-state index is 6.36. The highest BCUT2D eigenvalue weighted by Crippen LogP contribution is 2.37. The molecule has 0 radical (unpaired) electrons. The molecule has 0 bridgehead atoms. The summed E-state index contributed by atoms with van der Waals surface area (Å²) >= 11 is 0. The summed E-state index contributed by atoms with van der Waals surface area (Å²) in [5, 5.41) is 0. The van der Waals surface area contributed by atoms with Crippen molar-refractivity contribution in [3.8, 4) is 33.7 Å². The number of oxazole rings is 1. The molecule has 5 aromatic carbocycles. The molecule has 3 heteroatoms. The van der Waals surface area contributed by atoms with E-state index in [4.69, 9.17) is 14.4 Å². The molecule has 0 spiro atoms. The van der Waals surface area contributed by atoms with Gasteiger partial charge in [-0.05, 0) is 74.5 Å². The number of nitrogens with zero attached hydrogens (tertiary/aromatic N) is 2. The number of fused-ring (bicyclic) bond motifs is 1. The van der Waals surface area contributed by atoms with Crippen molar-refractivity contribution < 1.29 is 4.42 Å². The molecular formula is C40H38N2O. The van der Waals surface area contributed by atoms with Crippen molar-refractivity contribution in [2.45, 2.75) is 52.4 Å². The quantitative estimate of drug-likeness (QED) is 0.196. The first-order valence-electron chi connectivity index (χ1n) is 14.9. The van der Waals surface area contributed by atoms with E-state index in [-0.39, 0.29) is 10.8 Å². The summed E-state index contributed by atoms with van der Waals surface area (Å²) in [4.78, 5) is 9.90. The Balaban J connectivity index is 1.37. The summed E-state index contributed by atoms with van der Waals surface area (Å²) in [7, 11) is 0. The Morgan fingerprint density at radius 3 is 1.95 bits per heavy atom. The molecule has 0 N–H and O–H groups in total. The first-order chi connectivity index (χ1) is 20.6. The van der Waals surface area contributed by atoms with E-state index < -0.39 is 0 Å². The molecule has 0 fully saturated rings. The highest BCUT2D eigenvalue weighted by molar-refractivity contribution is 5.94. The monoisotopic (exact) mass is 562 g/mol.